The highest BCUT2D eigenvalue weighted by atomic mass is 16.2. The van der Waals surface area contributed by atoms with Gasteiger partial charge in [-0.1, -0.05) is 20.3 Å². The van der Waals surface area contributed by atoms with Gasteiger partial charge in [-0.05, 0) is 133 Å². The number of amides is 3. The van der Waals surface area contributed by atoms with Crippen molar-refractivity contribution in [1.82, 2.24) is 20.4 Å². The molecule has 3 unspecified atom stereocenters. The van der Waals surface area contributed by atoms with E-state index in [1.807, 2.05) is 4.90 Å². The number of rotatable bonds is 12. The van der Waals surface area contributed by atoms with Gasteiger partial charge in [-0.25, -0.2) is 0 Å². The molecule has 3 fully saturated rings. The molecule has 0 aromatic heterocycles. The molecule has 2 aliphatic carbocycles. The molecule has 1 heterocycles. The van der Waals surface area contributed by atoms with E-state index in [2.05, 4.69) is 81.4 Å². The van der Waals surface area contributed by atoms with Crippen LogP contribution in [0, 0.1) is 24.7 Å². The first-order valence-electron chi connectivity index (χ1n) is 18.3. The molecule has 2 N–H and O–H groups in total. The van der Waals surface area contributed by atoms with Crippen LogP contribution in [0.1, 0.15) is 126 Å². The van der Waals surface area contributed by atoms with Crippen molar-refractivity contribution in [1.29, 1.82) is 0 Å². The van der Waals surface area contributed by atoms with E-state index >= 15 is 0 Å². The van der Waals surface area contributed by atoms with Crippen LogP contribution in [-0.2, 0) is 9.59 Å². The summed E-state index contributed by atoms with van der Waals surface area (Å²) < 4.78 is 0. The molecule has 0 bridgehead atoms. The summed E-state index contributed by atoms with van der Waals surface area (Å²) in [7, 11) is 6.50. The van der Waals surface area contributed by atoms with Crippen molar-refractivity contribution in [2.75, 3.05) is 45.7 Å². The van der Waals surface area contributed by atoms with Gasteiger partial charge in [0.15, 0.2) is 0 Å². The molecule has 1 aliphatic heterocycles. The standard InChI is InChI=1S/C38H63N5O3/c1-9-10-19-43-26(3)20-25(2)35(38(43)46)23-39-37(45)34-21-31(30-13-11-29(12-14-30)24-41(6)7)22-36(27(34)4)42(8)33-17-15-32(16-18-33)40-28(5)44/h21-22,25-26,29-30,32-33,35H,9-20,23-24H2,1-8H3,(H,39,45)(H,40,44)/t25?,26?,29?,30?,32-,33-,35?. The lowest BCUT2D eigenvalue weighted by molar-refractivity contribution is -0.144. The Hall–Kier alpha value is -2.61. The molecule has 1 aromatic rings. The number of likely N-dealkylation sites (tertiary alicyclic amines) is 1. The van der Waals surface area contributed by atoms with Crippen LogP contribution in [0.2, 0.25) is 0 Å². The Labute approximate surface area is 279 Å². The lowest BCUT2D eigenvalue weighted by atomic mass is 9.77. The van der Waals surface area contributed by atoms with Gasteiger partial charge in [0.25, 0.3) is 5.91 Å². The molecule has 1 aromatic carbocycles. The molecule has 4 rings (SSSR count). The van der Waals surface area contributed by atoms with E-state index in [1.54, 1.807) is 6.92 Å². The number of carbonyl (C=O) groups excluding carboxylic acids is 3. The SMILES string of the molecule is CCCCN1C(=O)C(CNC(=O)c2cc(C3CCC(CN(C)C)CC3)cc(N(C)[C@H]3CC[C@H](NC(C)=O)CC3)c2C)C(C)CC1C. The minimum atomic E-state index is -0.187. The van der Waals surface area contributed by atoms with Crippen LogP contribution in [0.4, 0.5) is 5.69 Å². The number of benzene rings is 1. The predicted molar refractivity (Wildman–Crippen MR) is 188 cm³/mol. The topological polar surface area (TPSA) is 85.0 Å². The fourth-order valence-electron chi connectivity index (χ4n) is 8.59. The molecule has 2 saturated carbocycles. The second-order valence-corrected chi connectivity index (χ2v) is 15.3. The number of hydrogen-bond acceptors (Lipinski definition) is 5. The maximum Gasteiger partial charge on any atom is 0.251 e. The highest BCUT2D eigenvalue weighted by Crippen LogP contribution is 2.40. The van der Waals surface area contributed by atoms with Gasteiger partial charge in [0.05, 0.1) is 5.92 Å². The monoisotopic (exact) mass is 637 g/mol. The number of nitrogens with one attached hydrogen (secondary N) is 2. The average molecular weight is 638 g/mol. The van der Waals surface area contributed by atoms with Crippen LogP contribution in [0.3, 0.4) is 0 Å². The quantitative estimate of drug-likeness (QED) is 0.289. The largest absolute Gasteiger partial charge is 0.371 e. The van der Waals surface area contributed by atoms with E-state index in [1.165, 1.54) is 18.4 Å². The Morgan fingerprint density at radius 3 is 2.26 bits per heavy atom. The van der Waals surface area contributed by atoms with Crippen LogP contribution >= 0.6 is 0 Å². The lowest BCUT2D eigenvalue weighted by Gasteiger charge is -2.41. The van der Waals surface area contributed by atoms with E-state index in [0.717, 1.165) is 93.6 Å². The van der Waals surface area contributed by atoms with Crippen LogP contribution in [0.25, 0.3) is 0 Å². The van der Waals surface area contributed by atoms with Crippen molar-refractivity contribution in [3.05, 3.63) is 28.8 Å². The van der Waals surface area contributed by atoms with Gasteiger partial charge >= 0.3 is 0 Å². The number of anilines is 1. The molecule has 8 heteroatoms. The first-order valence-corrected chi connectivity index (χ1v) is 18.3. The second kappa shape index (κ2) is 16.5. The van der Waals surface area contributed by atoms with Gasteiger partial charge in [-0.2, -0.15) is 0 Å². The first kappa shape index (κ1) is 36.2. The third-order valence-corrected chi connectivity index (χ3v) is 11.4. The van der Waals surface area contributed by atoms with Crippen LogP contribution in [0.5, 0.6) is 0 Å². The van der Waals surface area contributed by atoms with Crippen molar-refractivity contribution in [2.24, 2.45) is 17.8 Å². The summed E-state index contributed by atoms with van der Waals surface area (Å²) in [6.45, 7) is 12.5. The summed E-state index contributed by atoms with van der Waals surface area (Å²) in [5, 5.41) is 6.35. The molecule has 3 amide bonds. The minimum Gasteiger partial charge on any atom is -0.371 e. The summed E-state index contributed by atoms with van der Waals surface area (Å²) in [6.07, 6.45) is 11.7. The third kappa shape index (κ3) is 9.05. The molecule has 46 heavy (non-hydrogen) atoms. The van der Waals surface area contributed by atoms with Crippen LogP contribution in [-0.4, -0.2) is 86.4 Å². The summed E-state index contributed by atoms with van der Waals surface area (Å²) in [5.41, 5.74) is 4.17. The fraction of sp³-hybridized carbons (Fsp3) is 0.763. The van der Waals surface area contributed by atoms with E-state index in [0.29, 0.717) is 18.5 Å². The fourth-order valence-corrected chi connectivity index (χ4v) is 8.59. The first-order chi connectivity index (χ1) is 21.9. The lowest BCUT2D eigenvalue weighted by Crippen LogP contribution is -2.53. The number of hydrogen-bond donors (Lipinski definition) is 2. The second-order valence-electron chi connectivity index (χ2n) is 15.3. The van der Waals surface area contributed by atoms with Gasteiger partial charge in [0, 0.05) is 63.0 Å². The average Bonchev–Trinajstić information content (AvgIpc) is 3.00. The molecular formula is C38H63N5O3. The summed E-state index contributed by atoms with van der Waals surface area (Å²) in [5.74, 6) is 1.40. The predicted octanol–water partition coefficient (Wildman–Crippen LogP) is 6.12. The molecule has 3 atom stereocenters. The maximum absolute atomic E-state index is 14.0. The maximum atomic E-state index is 14.0. The summed E-state index contributed by atoms with van der Waals surface area (Å²) in [6, 6.07) is 5.39. The van der Waals surface area contributed by atoms with Crippen molar-refractivity contribution in [2.45, 2.75) is 129 Å². The van der Waals surface area contributed by atoms with Crippen LogP contribution in [0.15, 0.2) is 12.1 Å². The number of nitrogens with zero attached hydrogens (tertiary/aromatic N) is 3. The van der Waals surface area contributed by atoms with Crippen LogP contribution < -0.4 is 15.5 Å². The van der Waals surface area contributed by atoms with Crippen molar-refractivity contribution in [3.63, 3.8) is 0 Å². The zero-order valence-electron chi connectivity index (χ0n) is 30.2. The number of piperidine rings is 1. The Morgan fingerprint density at radius 2 is 1.65 bits per heavy atom. The zero-order chi connectivity index (χ0) is 33.5. The van der Waals surface area contributed by atoms with Gasteiger partial charge in [0.2, 0.25) is 11.8 Å². The Kier molecular flexibility index (Phi) is 13.0. The van der Waals surface area contributed by atoms with Crippen molar-refractivity contribution in [3.8, 4) is 0 Å². The molecule has 258 valence electrons. The van der Waals surface area contributed by atoms with Gasteiger partial charge in [-0.15, -0.1) is 0 Å². The van der Waals surface area contributed by atoms with E-state index in [4.69, 9.17) is 0 Å². The molecule has 0 radical (unpaired) electrons. The van der Waals surface area contributed by atoms with Gasteiger partial charge < -0.3 is 25.3 Å². The Bertz CT molecular complexity index is 1190. The third-order valence-electron chi connectivity index (χ3n) is 11.4. The molecule has 1 saturated heterocycles. The Balaban J connectivity index is 1.55. The van der Waals surface area contributed by atoms with Gasteiger partial charge in [-0.3, -0.25) is 14.4 Å². The van der Waals surface area contributed by atoms with Crippen molar-refractivity contribution >= 4 is 23.4 Å². The summed E-state index contributed by atoms with van der Waals surface area (Å²) in [4.78, 5) is 46.0. The minimum absolute atomic E-state index is 0.0452. The van der Waals surface area contributed by atoms with Gasteiger partial charge in [0.1, 0.15) is 0 Å². The number of unbranched alkanes of at least 4 members (excludes halogenated alkanes) is 1. The molecule has 0 spiro atoms. The van der Waals surface area contributed by atoms with E-state index in [-0.39, 0.29) is 41.6 Å². The highest BCUT2D eigenvalue weighted by Gasteiger charge is 2.38. The smallest absolute Gasteiger partial charge is 0.251 e. The van der Waals surface area contributed by atoms with E-state index < -0.39 is 0 Å². The van der Waals surface area contributed by atoms with Crippen molar-refractivity contribution < 1.29 is 14.4 Å². The number of carbonyl (C=O) groups is 3. The highest BCUT2D eigenvalue weighted by molar-refractivity contribution is 5.98. The Morgan fingerprint density at radius 1 is 0.978 bits per heavy atom. The molecule has 8 nitrogen and oxygen atoms in total. The van der Waals surface area contributed by atoms with E-state index in [9.17, 15) is 14.4 Å². The normalized spacial score (nSPS) is 28.7. The zero-order valence-corrected chi connectivity index (χ0v) is 30.2. The summed E-state index contributed by atoms with van der Waals surface area (Å²) >= 11 is 0. The molecular weight excluding hydrogens is 574 g/mol. The molecule has 3 aliphatic rings.